The van der Waals surface area contributed by atoms with E-state index in [1.54, 1.807) is 24.3 Å². The Morgan fingerprint density at radius 3 is 2.50 bits per heavy atom. The van der Waals surface area contributed by atoms with Gasteiger partial charge in [-0.3, -0.25) is 0 Å². The molecule has 0 aromatic heterocycles. The van der Waals surface area contributed by atoms with Crippen molar-refractivity contribution in [3.05, 3.63) is 29.8 Å². The molecule has 0 saturated heterocycles. The minimum atomic E-state index is -1.33. The van der Waals surface area contributed by atoms with Crippen LogP contribution < -0.4 is 4.74 Å². The number of benzene rings is 1. The lowest BCUT2D eigenvalue weighted by molar-refractivity contribution is -0.122. The molecule has 0 saturated carbocycles. The predicted octanol–water partition coefficient (Wildman–Crippen LogP) is 0.550. The summed E-state index contributed by atoms with van der Waals surface area (Å²) in [5, 5.41) is 18.1. The van der Waals surface area contributed by atoms with Gasteiger partial charge in [0.15, 0.2) is 6.29 Å². The SMILES string of the molecule is C[C@@](O)(C=O)Cc1ccc(OCCO)cc1. The van der Waals surface area contributed by atoms with Crippen LogP contribution in [0.4, 0.5) is 0 Å². The molecule has 0 aliphatic carbocycles. The average Bonchev–Trinajstić information content (AvgIpc) is 2.28. The van der Waals surface area contributed by atoms with Gasteiger partial charge in [0, 0.05) is 6.42 Å². The van der Waals surface area contributed by atoms with Crippen molar-refractivity contribution in [3.8, 4) is 5.75 Å². The van der Waals surface area contributed by atoms with Gasteiger partial charge in [-0.1, -0.05) is 12.1 Å². The van der Waals surface area contributed by atoms with Gasteiger partial charge in [0.05, 0.1) is 6.61 Å². The molecule has 88 valence electrons. The summed E-state index contributed by atoms with van der Waals surface area (Å²) in [5.74, 6) is 0.656. The highest BCUT2D eigenvalue weighted by Gasteiger charge is 2.19. The first-order valence-electron chi connectivity index (χ1n) is 5.09. The van der Waals surface area contributed by atoms with Crippen molar-refractivity contribution < 1.29 is 19.7 Å². The molecule has 0 radical (unpaired) electrons. The fourth-order valence-electron chi connectivity index (χ4n) is 1.32. The van der Waals surface area contributed by atoms with E-state index in [4.69, 9.17) is 9.84 Å². The van der Waals surface area contributed by atoms with Crippen molar-refractivity contribution >= 4 is 6.29 Å². The molecule has 2 N–H and O–H groups in total. The van der Waals surface area contributed by atoms with Crippen molar-refractivity contribution in [2.24, 2.45) is 0 Å². The number of aliphatic hydroxyl groups is 2. The Balaban J connectivity index is 2.61. The van der Waals surface area contributed by atoms with Crippen LogP contribution >= 0.6 is 0 Å². The van der Waals surface area contributed by atoms with Crippen molar-refractivity contribution in [1.29, 1.82) is 0 Å². The molecule has 0 aliphatic heterocycles. The van der Waals surface area contributed by atoms with Gasteiger partial charge >= 0.3 is 0 Å². The molecule has 1 atom stereocenters. The third-order valence-corrected chi connectivity index (χ3v) is 2.10. The molecule has 0 unspecified atom stereocenters. The van der Waals surface area contributed by atoms with Gasteiger partial charge in [0.1, 0.15) is 18.0 Å². The lowest BCUT2D eigenvalue weighted by Crippen LogP contribution is -2.28. The van der Waals surface area contributed by atoms with Crippen LogP contribution in [0.2, 0.25) is 0 Å². The fourth-order valence-corrected chi connectivity index (χ4v) is 1.32. The van der Waals surface area contributed by atoms with Gasteiger partial charge in [-0.25, -0.2) is 0 Å². The van der Waals surface area contributed by atoms with E-state index in [2.05, 4.69) is 0 Å². The number of aldehydes is 1. The summed E-state index contributed by atoms with van der Waals surface area (Å²) in [5.41, 5.74) is -0.471. The highest BCUT2D eigenvalue weighted by Crippen LogP contribution is 2.16. The van der Waals surface area contributed by atoms with Gasteiger partial charge in [-0.2, -0.15) is 0 Å². The predicted molar refractivity (Wildman–Crippen MR) is 59.4 cm³/mol. The van der Waals surface area contributed by atoms with E-state index < -0.39 is 5.60 Å². The molecule has 0 spiro atoms. The molecule has 16 heavy (non-hydrogen) atoms. The first-order valence-corrected chi connectivity index (χ1v) is 5.09. The van der Waals surface area contributed by atoms with Gasteiger partial charge in [0.25, 0.3) is 0 Å². The summed E-state index contributed by atoms with van der Waals surface area (Å²) < 4.78 is 5.18. The van der Waals surface area contributed by atoms with E-state index in [-0.39, 0.29) is 19.6 Å². The molecule has 0 heterocycles. The molecule has 1 aromatic carbocycles. The van der Waals surface area contributed by atoms with Crippen LogP contribution in [0.1, 0.15) is 12.5 Å². The number of ether oxygens (including phenoxy) is 1. The molecule has 4 nitrogen and oxygen atoms in total. The maximum absolute atomic E-state index is 10.5. The summed E-state index contributed by atoms with van der Waals surface area (Å²) in [4.78, 5) is 10.5. The normalized spacial score (nSPS) is 14.2. The van der Waals surface area contributed by atoms with Crippen molar-refractivity contribution in [1.82, 2.24) is 0 Å². The Hall–Kier alpha value is -1.39. The number of hydrogen-bond donors (Lipinski definition) is 2. The van der Waals surface area contributed by atoms with E-state index in [1.165, 1.54) is 6.92 Å². The molecule has 0 bridgehead atoms. The van der Waals surface area contributed by atoms with Crippen molar-refractivity contribution in [3.63, 3.8) is 0 Å². The lowest BCUT2D eigenvalue weighted by atomic mass is 9.98. The largest absolute Gasteiger partial charge is 0.491 e. The molecular formula is C12H16O4. The minimum absolute atomic E-state index is 0.0262. The molecule has 0 amide bonds. The fraction of sp³-hybridized carbons (Fsp3) is 0.417. The summed E-state index contributed by atoms with van der Waals surface area (Å²) in [6.45, 7) is 1.70. The lowest BCUT2D eigenvalue weighted by Gasteiger charge is -2.15. The summed E-state index contributed by atoms with van der Waals surface area (Å²) in [6, 6.07) is 7.05. The first-order chi connectivity index (χ1) is 7.57. The van der Waals surface area contributed by atoms with E-state index in [0.717, 1.165) is 5.56 Å². The molecular weight excluding hydrogens is 208 g/mol. The summed E-state index contributed by atoms with van der Waals surface area (Å²) in [7, 11) is 0. The number of hydrogen-bond acceptors (Lipinski definition) is 4. The number of aliphatic hydroxyl groups excluding tert-OH is 1. The van der Waals surface area contributed by atoms with E-state index >= 15 is 0 Å². The van der Waals surface area contributed by atoms with Crippen LogP contribution in [0, 0.1) is 0 Å². The third-order valence-electron chi connectivity index (χ3n) is 2.10. The van der Waals surface area contributed by atoms with Crippen LogP contribution in [0.25, 0.3) is 0 Å². The van der Waals surface area contributed by atoms with Crippen LogP contribution in [0.3, 0.4) is 0 Å². The third kappa shape index (κ3) is 4.00. The number of rotatable bonds is 6. The van der Waals surface area contributed by atoms with E-state index in [1.807, 2.05) is 0 Å². The molecule has 1 aromatic rings. The maximum Gasteiger partial charge on any atom is 0.151 e. The highest BCUT2D eigenvalue weighted by atomic mass is 16.5. The summed E-state index contributed by atoms with van der Waals surface area (Å²) >= 11 is 0. The van der Waals surface area contributed by atoms with Crippen LogP contribution in [-0.4, -0.2) is 35.3 Å². The highest BCUT2D eigenvalue weighted by molar-refractivity contribution is 5.62. The second-order valence-corrected chi connectivity index (χ2v) is 3.87. The Morgan fingerprint density at radius 2 is 2.00 bits per heavy atom. The van der Waals surface area contributed by atoms with Crippen LogP contribution in [0.15, 0.2) is 24.3 Å². The molecule has 1 rings (SSSR count). The van der Waals surface area contributed by atoms with Crippen LogP contribution in [0.5, 0.6) is 5.75 Å². The standard InChI is InChI=1S/C12H16O4/c1-12(15,9-14)8-10-2-4-11(5-3-10)16-7-6-13/h2-5,9,13,15H,6-8H2,1H3/t12-/m0/s1. The zero-order chi connectivity index (χ0) is 12.0. The smallest absolute Gasteiger partial charge is 0.151 e. The van der Waals surface area contributed by atoms with Gasteiger partial charge in [0.2, 0.25) is 0 Å². The van der Waals surface area contributed by atoms with Crippen LogP contribution in [-0.2, 0) is 11.2 Å². The quantitative estimate of drug-likeness (QED) is 0.692. The number of carbonyl (C=O) groups is 1. The van der Waals surface area contributed by atoms with Gasteiger partial charge in [-0.15, -0.1) is 0 Å². The zero-order valence-electron chi connectivity index (χ0n) is 9.22. The Kier molecular flexibility index (Phi) is 4.46. The van der Waals surface area contributed by atoms with E-state index in [9.17, 15) is 9.90 Å². The molecule has 4 heteroatoms. The molecule has 0 fully saturated rings. The minimum Gasteiger partial charge on any atom is -0.491 e. The first kappa shape index (κ1) is 12.7. The Bertz CT molecular complexity index is 329. The average molecular weight is 224 g/mol. The molecule has 0 aliphatic rings. The monoisotopic (exact) mass is 224 g/mol. The van der Waals surface area contributed by atoms with Gasteiger partial charge < -0.3 is 19.7 Å². The summed E-state index contributed by atoms with van der Waals surface area (Å²) in [6.07, 6.45) is 0.806. The topological polar surface area (TPSA) is 66.8 Å². The maximum atomic E-state index is 10.5. The Labute approximate surface area is 94.5 Å². The Morgan fingerprint density at radius 1 is 1.38 bits per heavy atom. The second kappa shape index (κ2) is 5.63. The van der Waals surface area contributed by atoms with Gasteiger partial charge in [-0.05, 0) is 24.6 Å². The van der Waals surface area contributed by atoms with E-state index in [0.29, 0.717) is 12.0 Å². The second-order valence-electron chi connectivity index (χ2n) is 3.87. The number of carbonyl (C=O) groups excluding carboxylic acids is 1. The zero-order valence-corrected chi connectivity index (χ0v) is 9.22. The van der Waals surface area contributed by atoms with Crippen molar-refractivity contribution in [2.45, 2.75) is 18.9 Å². The van der Waals surface area contributed by atoms with Crippen molar-refractivity contribution in [2.75, 3.05) is 13.2 Å².